The van der Waals surface area contributed by atoms with Crippen molar-refractivity contribution in [1.82, 2.24) is 0 Å². The first kappa shape index (κ1) is 13.3. The van der Waals surface area contributed by atoms with Gasteiger partial charge in [-0.1, -0.05) is 17.7 Å². The van der Waals surface area contributed by atoms with Crippen LogP contribution in [0.25, 0.3) is 0 Å². The molecule has 0 fully saturated rings. The summed E-state index contributed by atoms with van der Waals surface area (Å²) in [6.45, 7) is 5.37. The molecule has 2 N–H and O–H groups in total. The number of nitrogens with two attached hydrogens (primary N) is 1. The van der Waals surface area contributed by atoms with Gasteiger partial charge in [-0.05, 0) is 31.9 Å². The van der Waals surface area contributed by atoms with Crippen molar-refractivity contribution in [1.29, 1.82) is 0 Å². The van der Waals surface area contributed by atoms with Crippen LogP contribution in [0.15, 0.2) is 17.0 Å². The minimum absolute atomic E-state index is 0.347. The fourth-order valence-electron chi connectivity index (χ4n) is 1.55. The van der Waals surface area contributed by atoms with Crippen LogP contribution in [0.2, 0.25) is 0 Å². The third kappa shape index (κ3) is 3.38. The van der Waals surface area contributed by atoms with Gasteiger partial charge in [0.2, 0.25) is 11.1 Å². The summed E-state index contributed by atoms with van der Waals surface area (Å²) in [6, 6.07) is 3.60. The molecule has 0 amide bonds. The van der Waals surface area contributed by atoms with Crippen molar-refractivity contribution in [2.45, 2.75) is 25.7 Å². The number of hydrogen-bond acceptors (Lipinski definition) is 4. The van der Waals surface area contributed by atoms with Crippen LogP contribution in [0.3, 0.4) is 0 Å². The molecule has 7 heteroatoms. The Hall–Kier alpha value is -0.760. The highest BCUT2D eigenvalue weighted by molar-refractivity contribution is 7.95. The highest BCUT2D eigenvalue weighted by Gasteiger charge is 2.17. The second kappa shape index (κ2) is 4.62. The second-order valence-electron chi connectivity index (χ2n) is 3.52. The zero-order chi connectivity index (χ0) is 12.5. The molecule has 5 nitrogen and oxygen atoms in total. The van der Waals surface area contributed by atoms with E-state index >= 15 is 0 Å². The Morgan fingerprint density at radius 1 is 1.19 bits per heavy atom. The van der Waals surface area contributed by atoms with Gasteiger partial charge >= 0.3 is 10.3 Å². The molecule has 0 saturated carbocycles. The highest BCUT2D eigenvalue weighted by atomic mass is 32.3. The van der Waals surface area contributed by atoms with E-state index in [1.807, 2.05) is 6.92 Å². The molecule has 1 aromatic carbocycles. The lowest BCUT2D eigenvalue weighted by atomic mass is 10.1. The molecular formula is C9H13NO4S2. The van der Waals surface area contributed by atoms with Gasteiger partial charge in [0.15, 0.2) is 0 Å². The van der Waals surface area contributed by atoms with Crippen molar-refractivity contribution in [3.05, 3.63) is 28.8 Å². The molecule has 1 aromatic rings. The number of benzene rings is 1. The van der Waals surface area contributed by atoms with E-state index < -0.39 is 21.4 Å². The first-order chi connectivity index (χ1) is 7.20. The molecule has 0 heterocycles. The largest absolute Gasteiger partial charge is 0.346 e. The van der Waals surface area contributed by atoms with E-state index in [4.69, 9.17) is 0 Å². The molecule has 0 spiro atoms. The standard InChI is InChI=1S/C9H13NO4S2/c1-6-4-7(2)9(8(3)5-6)15(11)14-16(10,12)13/h4-5H,1-3H3,(H2,10,12,13). The Bertz CT molecular complexity index is 513. The third-order valence-electron chi connectivity index (χ3n) is 1.93. The topological polar surface area (TPSA) is 86.5 Å². The van der Waals surface area contributed by atoms with Crippen LogP contribution in [-0.4, -0.2) is 12.6 Å². The van der Waals surface area contributed by atoms with Gasteiger partial charge in [0.05, 0.1) is 4.90 Å². The molecule has 1 unspecified atom stereocenters. The molecule has 0 bridgehead atoms. The zero-order valence-corrected chi connectivity index (χ0v) is 10.8. The monoisotopic (exact) mass is 263 g/mol. The molecule has 0 saturated heterocycles. The van der Waals surface area contributed by atoms with Gasteiger partial charge in [0.1, 0.15) is 0 Å². The summed E-state index contributed by atoms with van der Waals surface area (Å²) in [4.78, 5) is 0.347. The van der Waals surface area contributed by atoms with Gasteiger partial charge < -0.3 is 0 Å². The molecule has 0 aliphatic rings. The summed E-state index contributed by atoms with van der Waals surface area (Å²) in [5.74, 6) is 0. The van der Waals surface area contributed by atoms with Gasteiger partial charge in [-0.3, -0.25) is 0 Å². The van der Waals surface area contributed by atoms with Crippen molar-refractivity contribution in [3.63, 3.8) is 0 Å². The van der Waals surface area contributed by atoms with Crippen LogP contribution < -0.4 is 5.14 Å². The predicted molar refractivity (Wildman–Crippen MR) is 61.3 cm³/mol. The highest BCUT2D eigenvalue weighted by Crippen LogP contribution is 2.21. The van der Waals surface area contributed by atoms with Crippen LogP contribution >= 0.6 is 0 Å². The van der Waals surface area contributed by atoms with Gasteiger partial charge in [0, 0.05) is 0 Å². The summed E-state index contributed by atoms with van der Waals surface area (Å²) >= 11 is -2.10. The summed E-state index contributed by atoms with van der Waals surface area (Å²) in [7, 11) is -4.22. The van der Waals surface area contributed by atoms with Crippen molar-refractivity contribution in [2.24, 2.45) is 5.14 Å². The fourth-order valence-corrected chi connectivity index (χ4v) is 3.15. The quantitative estimate of drug-likeness (QED) is 0.876. The number of rotatable bonds is 3. The Labute approximate surface area is 97.5 Å². The minimum Gasteiger partial charge on any atom is -0.223 e. The molecule has 1 atom stereocenters. The average Bonchev–Trinajstić information content (AvgIpc) is 1.96. The summed E-state index contributed by atoms with van der Waals surface area (Å²) in [5.41, 5.74) is 2.42. The second-order valence-corrected chi connectivity index (χ2v) is 5.93. The molecule has 0 aliphatic heterocycles. The first-order valence-corrected chi connectivity index (χ1v) is 6.97. The van der Waals surface area contributed by atoms with Crippen LogP contribution in [0.5, 0.6) is 0 Å². The molecule has 90 valence electrons. The molecular weight excluding hydrogens is 250 g/mol. The molecule has 0 aromatic heterocycles. The lowest BCUT2D eigenvalue weighted by Gasteiger charge is -2.09. The summed E-state index contributed by atoms with van der Waals surface area (Å²) in [6.07, 6.45) is 0. The average molecular weight is 263 g/mol. The zero-order valence-electron chi connectivity index (χ0n) is 9.18. The summed E-state index contributed by atoms with van der Waals surface area (Å²) < 4.78 is 37.2. The third-order valence-corrected chi connectivity index (χ3v) is 4.16. The SMILES string of the molecule is Cc1cc(C)c(S(=O)OS(N)(=O)=O)c(C)c1. The van der Waals surface area contributed by atoms with E-state index in [0.717, 1.165) is 5.56 Å². The number of aryl methyl sites for hydroxylation is 3. The molecule has 0 radical (unpaired) electrons. The van der Waals surface area contributed by atoms with Crippen LogP contribution in [0.1, 0.15) is 16.7 Å². The lowest BCUT2D eigenvalue weighted by Crippen LogP contribution is -2.18. The van der Waals surface area contributed by atoms with Gasteiger partial charge in [-0.25, -0.2) is 9.35 Å². The Morgan fingerprint density at radius 2 is 1.62 bits per heavy atom. The Balaban J connectivity index is 3.19. The fraction of sp³-hybridized carbons (Fsp3) is 0.333. The van der Waals surface area contributed by atoms with Gasteiger partial charge in [-0.2, -0.15) is 12.0 Å². The normalized spacial score (nSPS) is 13.8. The maximum atomic E-state index is 11.6. The number of hydrogen-bond donors (Lipinski definition) is 1. The van der Waals surface area contributed by atoms with E-state index in [9.17, 15) is 12.6 Å². The predicted octanol–water partition coefficient (Wildman–Crippen LogP) is 0.855. The van der Waals surface area contributed by atoms with E-state index in [-0.39, 0.29) is 0 Å². The van der Waals surface area contributed by atoms with Crippen LogP contribution in [0, 0.1) is 20.8 Å². The van der Waals surface area contributed by atoms with Crippen molar-refractivity contribution >= 4 is 21.4 Å². The smallest absolute Gasteiger partial charge is 0.223 e. The molecule has 16 heavy (non-hydrogen) atoms. The lowest BCUT2D eigenvalue weighted by molar-refractivity contribution is 0.499. The minimum atomic E-state index is -4.22. The van der Waals surface area contributed by atoms with Crippen molar-refractivity contribution in [2.75, 3.05) is 0 Å². The van der Waals surface area contributed by atoms with Crippen molar-refractivity contribution < 1.29 is 16.3 Å². The molecule has 1 rings (SSSR count). The van der Waals surface area contributed by atoms with Crippen LogP contribution in [-0.2, 0) is 25.0 Å². The van der Waals surface area contributed by atoms with E-state index in [0.29, 0.717) is 16.0 Å². The van der Waals surface area contributed by atoms with E-state index in [1.165, 1.54) is 0 Å². The van der Waals surface area contributed by atoms with Gasteiger partial charge in [-0.15, -0.1) is 0 Å². The Kier molecular flexibility index (Phi) is 3.84. The molecule has 0 aliphatic carbocycles. The first-order valence-electron chi connectivity index (χ1n) is 4.43. The summed E-state index contributed by atoms with van der Waals surface area (Å²) in [5, 5.41) is 4.66. The van der Waals surface area contributed by atoms with Gasteiger partial charge in [0.25, 0.3) is 0 Å². The Morgan fingerprint density at radius 3 is 2.00 bits per heavy atom. The maximum Gasteiger partial charge on any atom is 0.346 e. The van der Waals surface area contributed by atoms with E-state index in [2.05, 4.69) is 8.77 Å². The van der Waals surface area contributed by atoms with Crippen molar-refractivity contribution in [3.8, 4) is 0 Å². The van der Waals surface area contributed by atoms with E-state index in [1.54, 1.807) is 26.0 Å². The maximum absolute atomic E-state index is 11.6. The van der Waals surface area contributed by atoms with Crippen LogP contribution in [0.4, 0.5) is 0 Å².